The first kappa shape index (κ1) is 18.1. The highest BCUT2D eigenvalue weighted by Gasteiger charge is 2.25. The Balaban J connectivity index is 1.41. The van der Waals surface area contributed by atoms with Crippen molar-refractivity contribution < 1.29 is 5.11 Å². The van der Waals surface area contributed by atoms with Gasteiger partial charge in [-0.2, -0.15) is 0 Å². The van der Waals surface area contributed by atoms with Gasteiger partial charge in [0.2, 0.25) is 5.95 Å². The first-order chi connectivity index (χ1) is 13.8. The third-order valence-corrected chi connectivity index (χ3v) is 4.62. The lowest BCUT2D eigenvalue weighted by atomic mass is 10.1. The molecule has 1 aliphatic rings. The topological polar surface area (TPSA) is 99.1 Å². The lowest BCUT2D eigenvalue weighted by Crippen LogP contribution is -2.27. The number of benzene rings is 1. The van der Waals surface area contributed by atoms with Crippen molar-refractivity contribution in [3.05, 3.63) is 55.0 Å². The summed E-state index contributed by atoms with van der Waals surface area (Å²) in [6.45, 7) is 2.22. The van der Waals surface area contributed by atoms with E-state index >= 15 is 0 Å². The van der Waals surface area contributed by atoms with E-state index in [-0.39, 0.29) is 12.6 Å². The summed E-state index contributed by atoms with van der Waals surface area (Å²) in [7, 11) is 0. The third-order valence-electron chi connectivity index (χ3n) is 4.62. The average molecular weight is 377 g/mol. The van der Waals surface area contributed by atoms with Crippen molar-refractivity contribution in [1.29, 1.82) is 0 Å². The fraction of sp³-hybridized carbons (Fsp3) is 0.300. The van der Waals surface area contributed by atoms with E-state index in [0.717, 1.165) is 42.5 Å². The number of anilines is 3. The van der Waals surface area contributed by atoms with Gasteiger partial charge in [-0.15, -0.1) is 0 Å². The lowest BCUT2D eigenvalue weighted by molar-refractivity contribution is 0.311. The maximum absolute atomic E-state index is 8.92. The van der Waals surface area contributed by atoms with Crippen molar-refractivity contribution in [2.75, 3.05) is 41.8 Å². The molecule has 0 amide bonds. The van der Waals surface area contributed by atoms with Gasteiger partial charge >= 0.3 is 0 Å². The quantitative estimate of drug-likeness (QED) is 0.575. The highest BCUT2D eigenvalue weighted by atomic mass is 16.3. The lowest BCUT2D eigenvalue weighted by Gasteiger charge is -2.18. The molecule has 1 saturated heterocycles. The summed E-state index contributed by atoms with van der Waals surface area (Å²) >= 11 is 0. The van der Waals surface area contributed by atoms with Crippen LogP contribution in [-0.4, -0.2) is 57.3 Å². The Labute approximate surface area is 163 Å². The van der Waals surface area contributed by atoms with E-state index in [4.69, 9.17) is 10.1 Å². The Morgan fingerprint density at radius 3 is 2.79 bits per heavy atom. The Morgan fingerprint density at radius 1 is 1.07 bits per heavy atom. The molecule has 2 aromatic heterocycles. The average Bonchev–Trinajstić information content (AvgIpc) is 3.22. The van der Waals surface area contributed by atoms with E-state index in [1.165, 1.54) is 6.33 Å². The summed E-state index contributed by atoms with van der Waals surface area (Å²) < 4.78 is 0. The van der Waals surface area contributed by atoms with Gasteiger partial charge in [0.15, 0.2) is 0 Å². The molecule has 1 unspecified atom stereocenters. The van der Waals surface area contributed by atoms with E-state index in [1.54, 1.807) is 0 Å². The third kappa shape index (κ3) is 4.34. The number of nitrogens with one attached hydrogen (secondary N) is 2. The first-order valence-electron chi connectivity index (χ1n) is 9.38. The highest BCUT2D eigenvalue weighted by Crippen LogP contribution is 2.22. The SMILES string of the molecule is OCCNc1cc(NC2CCN(c3nccc(-c4ccccc4)n3)C2)ncn1. The predicted molar refractivity (Wildman–Crippen MR) is 109 cm³/mol. The second-order valence-corrected chi connectivity index (χ2v) is 6.62. The molecule has 0 saturated carbocycles. The van der Waals surface area contributed by atoms with Crippen molar-refractivity contribution in [1.82, 2.24) is 19.9 Å². The van der Waals surface area contributed by atoms with E-state index in [1.807, 2.05) is 36.5 Å². The maximum atomic E-state index is 8.92. The molecular formula is C20H23N7O. The molecule has 1 aliphatic heterocycles. The van der Waals surface area contributed by atoms with Crippen LogP contribution < -0.4 is 15.5 Å². The Hall–Kier alpha value is -3.26. The fourth-order valence-corrected chi connectivity index (χ4v) is 3.26. The molecule has 0 aliphatic carbocycles. The Kier molecular flexibility index (Phi) is 5.58. The minimum atomic E-state index is 0.0619. The van der Waals surface area contributed by atoms with E-state index in [0.29, 0.717) is 12.4 Å². The molecule has 8 nitrogen and oxygen atoms in total. The van der Waals surface area contributed by atoms with Gasteiger partial charge in [-0.25, -0.2) is 19.9 Å². The zero-order chi connectivity index (χ0) is 19.2. The molecule has 28 heavy (non-hydrogen) atoms. The van der Waals surface area contributed by atoms with Crippen molar-refractivity contribution >= 4 is 17.6 Å². The molecule has 0 spiro atoms. The van der Waals surface area contributed by atoms with Crippen LogP contribution in [0.1, 0.15) is 6.42 Å². The monoisotopic (exact) mass is 377 g/mol. The second-order valence-electron chi connectivity index (χ2n) is 6.62. The van der Waals surface area contributed by atoms with Crippen LogP contribution in [0.3, 0.4) is 0 Å². The molecule has 4 rings (SSSR count). The number of hydrogen-bond acceptors (Lipinski definition) is 8. The molecule has 1 aromatic carbocycles. The number of hydrogen-bond donors (Lipinski definition) is 3. The van der Waals surface area contributed by atoms with Gasteiger partial charge in [-0.3, -0.25) is 0 Å². The zero-order valence-corrected chi connectivity index (χ0v) is 15.5. The van der Waals surface area contributed by atoms with Gasteiger partial charge in [-0.1, -0.05) is 30.3 Å². The first-order valence-corrected chi connectivity index (χ1v) is 9.38. The number of rotatable bonds is 7. The van der Waals surface area contributed by atoms with Crippen LogP contribution in [0, 0.1) is 0 Å². The maximum Gasteiger partial charge on any atom is 0.225 e. The van der Waals surface area contributed by atoms with Crippen LogP contribution in [0.4, 0.5) is 17.6 Å². The summed E-state index contributed by atoms with van der Waals surface area (Å²) in [5.41, 5.74) is 2.02. The Morgan fingerprint density at radius 2 is 1.93 bits per heavy atom. The molecule has 1 atom stereocenters. The van der Waals surface area contributed by atoms with Gasteiger partial charge < -0.3 is 20.6 Å². The number of nitrogens with zero attached hydrogens (tertiary/aromatic N) is 5. The molecule has 8 heteroatoms. The van der Waals surface area contributed by atoms with Gasteiger partial charge in [0.05, 0.1) is 12.3 Å². The van der Waals surface area contributed by atoms with Crippen LogP contribution in [0.5, 0.6) is 0 Å². The fourth-order valence-electron chi connectivity index (χ4n) is 3.26. The van der Waals surface area contributed by atoms with Crippen LogP contribution in [0.2, 0.25) is 0 Å². The van der Waals surface area contributed by atoms with Crippen molar-refractivity contribution in [2.24, 2.45) is 0 Å². The van der Waals surface area contributed by atoms with Crippen LogP contribution in [0.15, 0.2) is 55.0 Å². The summed E-state index contributed by atoms with van der Waals surface area (Å²) in [5, 5.41) is 15.4. The van der Waals surface area contributed by atoms with Gasteiger partial charge in [0, 0.05) is 43.5 Å². The normalized spacial score (nSPS) is 16.2. The van der Waals surface area contributed by atoms with E-state index < -0.39 is 0 Å². The number of aromatic nitrogens is 4. The predicted octanol–water partition coefficient (Wildman–Crippen LogP) is 2.03. The minimum absolute atomic E-state index is 0.0619. The molecule has 0 radical (unpaired) electrons. The van der Waals surface area contributed by atoms with Crippen LogP contribution >= 0.6 is 0 Å². The Bertz CT molecular complexity index is 906. The molecule has 3 N–H and O–H groups in total. The molecular weight excluding hydrogens is 354 g/mol. The molecule has 1 fully saturated rings. The molecule has 3 heterocycles. The molecule has 3 aromatic rings. The largest absolute Gasteiger partial charge is 0.395 e. The zero-order valence-electron chi connectivity index (χ0n) is 15.5. The van der Waals surface area contributed by atoms with Crippen LogP contribution in [0.25, 0.3) is 11.3 Å². The summed E-state index contributed by atoms with van der Waals surface area (Å²) in [6.07, 6.45) is 4.30. The number of aliphatic hydroxyl groups is 1. The highest BCUT2D eigenvalue weighted by molar-refractivity contribution is 5.60. The van der Waals surface area contributed by atoms with Crippen molar-refractivity contribution in [2.45, 2.75) is 12.5 Å². The second kappa shape index (κ2) is 8.62. The van der Waals surface area contributed by atoms with E-state index in [9.17, 15) is 0 Å². The summed E-state index contributed by atoms with van der Waals surface area (Å²) in [4.78, 5) is 19.8. The summed E-state index contributed by atoms with van der Waals surface area (Å²) in [6, 6.07) is 14.2. The standard InChI is InChI=1S/C20H23N7O/c28-11-9-21-18-12-19(24-14-23-18)25-16-7-10-27(13-16)20-22-8-6-17(26-20)15-4-2-1-3-5-15/h1-6,8,12,14,16,28H,7,9-11,13H2,(H2,21,23,24,25). The van der Waals surface area contributed by atoms with E-state index in [2.05, 4.69) is 42.6 Å². The van der Waals surface area contributed by atoms with Gasteiger partial charge in [0.25, 0.3) is 0 Å². The van der Waals surface area contributed by atoms with Crippen molar-refractivity contribution in [3.63, 3.8) is 0 Å². The van der Waals surface area contributed by atoms with Crippen LogP contribution in [-0.2, 0) is 0 Å². The van der Waals surface area contributed by atoms with Crippen molar-refractivity contribution in [3.8, 4) is 11.3 Å². The molecule has 144 valence electrons. The molecule has 0 bridgehead atoms. The van der Waals surface area contributed by atoms with Gasteiger partial charge in [0.1, 0.15) is 18.0 Å². The van der Waals surface area contributed by atoms with Gasteiger partial charge in [-0.05, 0) is 12.5 Å². The smallest absolute Gasteiger partial charge is 0.225 e. The minimum Gasteiger partial charge on any atom is -0.395 e. The number of aliphatic hydroxyl groups excluding tert-OH is 1. The summed E-state index contributed by atoms with van der Waals surface area (Å²) in [5.74, 6) is 2.21.